The van der Waals surface area contributed by atoms with Crippen molar-refractivity contribution in [2.45, 2.75) is 51.1 Å². The van der Waals surface area contributed by atoms with E-state index in [1.807, 2.05) is 0 Å². The first-order valence-electron chi connectivity index (χ1n) is 7.80. The molecule has 2 rings (SSSR count). The number of benzene rings is 1. The predicted octanol–water partition coefficient (Wildman–Crippen LogP) is 3.60. The summed E-state index contributed by atoms with van der Waals surface area (Å²) in [5, 5.41) is 3.73. The van der Waals surface area contributed by atoms with E-state index in [1.54, 1.807) is 0 Å². The van der Waals surface area contributed by atoms with Gasteiger partial charge in [-0.1, -0.05) is 43.7 Å². The van der Waals surface area contributed by atoms with E-state index in [0.717, 1.165) is 19.0 Å². The predicted molar refractivity (Wildman–Crippen MR) is 82.4 cm³/mol. The van der Waals surface area contributed by atoms with Crippen molar-refractivity contribution < 1.29 is 0 Å². The van der Waals surface area contributed by atoms with Crippen LogP contribution in [0.1, 0.15) is 50.6 Å². The molecule has 0 aromatic heterocycles. The van der Waals surface area contributed by atoms with Crippen molar-refractivity contribution in [2.75, 3.05) is 20.1 Å². The summed E-state index contributed by atoms with van der Waals surface area (Å²) in [5.41, 5.74) is 1.42. The van der Waals surface area contributed by atoms with Crippen LogP contribution in [0, 0.1) is 0 Å². The molecule has 0 radical (unpaired) electrons. The quantitative estimate of drug-likeness (QED) is 0.840. The first-order chi connectivity index (χ1) is 9.31. The third-order valence-corrected chi connectivity index (χ3v) is 4.40. The van der Waals surface area contributed by atoms with Gasteiger partial charge in [0, 0.05) is 12.1 Å². The summed E-state index contributed by atoms with van der Waals surface area (Å²) in [6, 6.07) is 12.1. The van der Waals surface area contributed by atoms with Crippen LogP contribution < -0.4 is 5.32 Å². The smallest absolute Gasteiger partial charge is 0.0317 e. The monoisotopic (exact) mass is 260 g/mol. The van der Waals surface area contributed by atoms with Crippen LogP contribution in [0.4, 0.5) is 0 Å². The molecule has 0 bridgehead atoms. The topological polar surface area (TPSA) is 15.3 Å². The van der Waals surface area contributed by atoms with Gasteiger partial charge in [0.15, 0.2) is 0 Å². The lowest BCUT2D eigenvalue weighted by molar-refractivity contribution is 0.174. The van der Waals surface area contributed by atoms with Crippen LogP contribution in [0.15, 0.2) is 30.3 Å². The van der Waals surface area contributed by atoms with Crippen LogP contribution in [-0.2, 0) is 0 Å². The van der Waals surface area contributed by atoms with Crippen molar-refractivity contribution in [3.63, 3.8) is 0 Å². The number of hydrogen-bond donors (Lipinski definition) is 1. The molecule has 0 aliphatic carbocycles. The van der Waals surface area contributed by atoms with Gasteiger partial charge in [-0.15, -0.1) is 0 Å². The third-order valence-electron chi connectivity index (χ3n) is 4.40. The second-order valence-corrected chi connectivity index (χ2v) is 5.74. The molecule has 1 heterocycles. The largest absolute Gasteiger partial charge is 0.310 e. The Morgan fingerprint density at radius 1 is 1.26 bits per heavy atom. The lowest BCUT2D eigenvalue weighted by Gasteiger charge is -2.33. The van der Waals surface area contributed by atoms with E-state index in [0.29, 0.717) is 6.04 Å². The summed E-state index contributed by atoms with van der Waals surface area (Å²) in [6.45, 7) is 4.67. The van der Waals surface area contributed by atoms with Gasteiger partial charge in [0.25, 0.3) is 0 Å². The average Bonchev–Trinajstić information content (AvgIpc) is 2.46. The average molecular weight is 260 g/mol. The molecule has 1 aromatic carbocycles. The van der Waals surface area contributed by atoms with Gasteiger partial charge in [-0.2, -0.15) is 0 Å². The summed E-state index contributed by atoms with van der Waals surface area (Å²) in [6.07, 6.45) is 6.59. The normalized spacial score (nSPS) is 22.3. The number of piperidine rings is 1. The fraction of sp³-hybridized carbons (Fsp3) is 0.647. The lowest BCUT2D eigenvalue weighted by Crippen LogP contribution is -2.38. The third kappa shape index (κ3) is 4.32. The number of hydrogen-bond acceptors (Lipinski definition) is 2. The van der Waals surface area contributed by atoms with E-state index in [-0.39, 0.29) is 0 Å². The van der Waals surface area contributed by atoms with E-state index in [2.05, 4.69) is 54.5 Å². The summed E-state index contributed by atoms with van der Waals surface area (Å²) >= 11 is 0. The van der Waals surface area contributed by atoms with Gasteiger partial charge in [0.05, 0.1) is 0 Å². The Kier molecular flexibility index (Phi) is 5.87. The lowest BCUT2D eigenvalue weighted by atomic mass is 9.99. The highest BCUT2D eigenvalue weighted by Crippen LogP contribution is 2.19. The second kappa shape index (κ2) is 7.66. The SMILES string of the molecule is CCC(NCCC1CCCCN1C)c1ccccc1. The number of rotatable bonds is 6. The molecule has 0 spiro atoms. The van der Waals surface area contributed by atoms with E-state index in [9.17, 15) is 0 Å². The van der Waals surface area contributed by atoms with E-state index >= 15 is 0 Å². The number of nitrogens with one attached hydrogen (secondary N) is 1. The van der Waals surface area contributed by atoms with Crippen LogP contribution >= 0.6 is 0 Å². The molecule has 1 fully saturated rings. The Labute approximate surface area is 118 Å². The Bertz CT molecular complexity index is 350. The van der Waals surface area contributed by atoms with Crippen molar-refractivity contribution in [1.82, 2.24) is 10.2 Å². The van der Waals surface area contributed by atoms with Crippen molar-refractivity contribution >= 4 is 0 Å². The molecule has 2 atom stereocenters. The minimum atomic E-state index is 0.509. The molecule has 1 N–H and O–H groups in total. The van der Waals surface area contributed by atoms with Gasteiger partial charge in [0.2, 0.25) is 0 Å². The van der Waals surface area contributed by atoms with Gasteiger partial charge >= 0.3 is 0 Å². The molecule has 1 aromatic rings. The van der Waals surface area contributed by atoms with Crippen LogP contribution in [0.25, 0.3) is 0 Å². The first kappa shape index (κ1) is 14.5. The molecule has 1 aliphatic heterocycles. The van der Waals surface area contributed by atoms with E-state index in [1.165, 1.54) is 37.8 Å². The molecule has 106 valence electrons. The zero-order valence-corrected chi connectivity index (χ0v) is 12.4. The molecule has 2 nitrogen and oxygen atoms in total. The maximum absolute atomic E-state index is 3.73. The maximum Gasteiger partial charge on any atom is 0.0317 e. The minimum absolute atomic E-state index is 0.509. The van der Waals surface area contributed by atoms with Crippen LogP contribution in [0.2, 0.25) is 0 Å². The number of nitrogens with zero attached hydrogens (tertiary/aromatic N) is 1. The van der Waals surface area contributed by atoms with Gasteiger partial charge in [-0.25, -0.2) is 0 Å². The standard InChI is InChI=1S/C17H28N2/c1-3-17(15-9-5-4-6-10-15)18-13-12-16-11-7-8-14-19(16)2/h4-6,9-10,16-18H,3,7-8,11-14H2,1-2H3. The first-order valence-corrected chi connectivity index (χ1v) is 7.80. The number of likely N-dealkylation sites (tertiary alicyclic amines) is 1. The molecule has 1 saturated heterocycles. The molecule has 1 aliphatic rings. The molecule has 0 saturated carbocycles. The highest BCUT2D eigenvalue weighted by molar-refractivity contribution is 5.18. The fourth-order valence-corrected chi connectivity index (χ4v) is 3.12. The van der Waals surface area contributed by atoms with Crippen molar-refractivity contribution in [3.05, 3.63) is 35.9 Å². The zero-order chi connectivity index (χ0) is 13.5. The van der Waals surface area contributed by atoms with Crippen molar-refractivity contribution in [1.29, 1.82) is 0 Å². The fourth-order valence-electron chi connectivity index (χ4n) is 3.12. The van der Waals surface area contributed by atoms with E-state index < -0.39 is 0 Å². The molecule has 19 heavy (non-hydrogen) atoms. The van der Waals surface area contributed by atoms with Crippen molar-refractivity contribution in [2.24, 2.45) is 0 Å². The van der Waals surface area contributed by atoms with Crippen LogP contribution in [-0.4, -0.2) is 31.1 Å². The Hall–Kier alpha value is -0.860. The van der Waals surface area contributed by atoms with Gasteiger partial charge in [-0.3, -0.25) is 0 Å². The molecule has 0 amide bonds. The van der Waals surface area contributed by atoms with Gasteiger partial charge in [-0.05, 0) is 51.4 Å². The van der Waals surface area contributed by atoms with Crippen LogP contribution in [0.3, 0.4) is 0 Å². The van der Waals surface area contributed by atoms with Crippen molar-refractivity contribution in [3.8, 4) is 0 Å². The maximum atomic E-state index is 3.73. The highest BCUT2D eigenvalue weighted by atomic mass is 15.1. The Balaban J connectivity index is 1.77. The van der Waals surface area contributed by atoms with Gasteiger partial charge in [0.1, 0.15) is 0 Å². The Morgan fingerprint density at radius 3 is 2.74 bits per heavy atom. The second-order valence-electron chi connectivity index (χ2n) is 5.74. The minimum Gasteiger partial charge on any atom is -0.310 e. The summed E-state index contributed by atoms with van der Waals surface area (Å²) in [4.78, 5) is 2.54. The Morgan fingerprint density at radius 2 is 2.05 bits per heavy atom. The van der Waals surface area contributed by atoms with Gasteiger partial charge < -0.3 is 10.2 Å². The summed E-state index contributed by atoms with van der Waals surface area (Å²) in [7, 11) is 2.28. The van der Waals surface area contributed by atoms with E-state index in [4.69, 9.17) is 0 Å². The molecule has 2 heteroatoms. The highest BCUT2D eigenvalue weighted by Gasteiger charge is 2.18. The molecular formula is C17H28N2. The van der Waals surface area contributed by atoms with Crippen LogP contribution in [0.5, 0.6) is 0 Å². The summed E-state index contributed by atoms with van der Waals surface area (Å²) in [5.74, 6) is 0. The zero-order valence-electron chi connectivity index (χ0n) is 12.4. The molecule has 2 unspecified atom stereocenters. The summed E-state index contributed by atoms with van der Waals surface area (Å²) < 4.78 is 0. The molecular weight excluding hydrogens is 232 g/mol.